The summed E-state index contributed by atoms with van der Waals surface area (Å²) in [6, 6.07) is 24.9. The van der Waals surface area contributed by atoms with E-state index in [0.29, 0.717) is 39.2 Å². The molecule has 0 saturated heterocycles. The molecule has 33 heavy (non-hydrogen) atoms. The van der Waals surface area contributed by atoms with E-state index in [9.17, 15) is 0 Å². The number of para-hydroxylation sites is 1. The van der Waals surface area contributed by atoms with Gasteiger partial charge in [-0.15, -0.1) is 10.2 Å². The van der Waals surface area contributed by atoms with Crippen molar-refractivity contribution in [2.75, 3.05) is 7.11 Å². The van der Waals surface area contributed by atoms with Crippen LogP contribution in [0.5, 0.6) is 5.75 Å². The zero-order valence-electron chi connectivity index (χ0n) is 17.6. The third-order valence-electron chi connectivity index (χ3n) is 4.89. The summed E-state index contributed by atoms with van der Waals surface area (Å²) in [5.41, 5.74) is 2.61. The molecule has 0 saturated carbocycles. The number of hydrogen-bond donors (Lipinski definition) is 0. The van der Waals surface area contributed by atoms with Gasteiger partial charge in [0.1, 0.15) is 5.75 Å². The number of thioether (sulfide) groups is 1. The molecule has 0 aliphatic heterocycles. The van der Waals surface area contributed by atoms with E-state index in [2.05, 4.69) is 20.3 Å². The van der Waals surface area contributed by atoms with Crippen LogP contribution in [0.1, 0.15) is 5.89 Å². The lowest BCUT2D eigenvalue weighted by Crippen LogP contribution is -2.01. The number of methoxy groups -OCH3 is 1. The molecule has 9 heteroatoms. The van der Waals surface area contributed by atoms with Crippen molar-refractivity contribution in [1.82, 2.24) is 24.9 Å². The number of benzene rings is 3. The first-order valence-corrected chi connectivity index (χ1v) is 11.4. The van der Waals surface area contributed by atoms with E-state index in [-0.39, 0.29) is 0 Å². The van der Waals surface area contributed by atoms with Gasteiger partial charge in [0, 0.05) is 16.3 Å². The van der Waals surface area contributed by atoms with Crippen LogP contribution in [0.25, 0.3) is 28.5 Å². The molecular weight excluding hydrogens is 458 g/mol. The highest BCUT2D eigenvalue weighted by Crippen LogP contribution is 2.34. The zero-order valence-corrected chi connectivity index (χ0v) is 19.1. The fourth-order valence-corrected chi connectivity index (χ4v) is 4.25. The van der Waals surface area contributed by atoms with Crippen molar-refractivity contribution in [2.24, 2.45) is 0 Å². The highest BCUT2D eigenvalue weighted by atomic mass is 35.5. The predicted molar refractivity (Wildman–Crippen MR) is 128 cm³/mol. The van der Waals surface area contributed by atoms with Gasteiger partial charge in [-0.2, -0.15) is 4.98 Å². The van der Waals surface area contributed by atoms with Crippen molar-refractivity contribution in [3.63, 3.8) is 0 Å². The van der Waals surface area contributed by atoms with E-state index >= 15 is 0 Å². The van der Waals surface area contributed by atoms with Crippen molar-refractivity contribution in [3.05, 3.63) is 89.8 Å². The number of hydrogen-bond acceptors (Lipinski definition) is 7. The predicted octanol–water partition coefficient (Wildman–Crippen LogP) is 5.94. The third-order valence-corrected chi connectivity index (χ3v) is 6.06. The van der Waals surface area contributed by atoms with E-state index < -0.39 is 0 Å². The molecule has 5 aromatic rings. The maximum atomic E-state index is 6.12. The van der Waals surface area contributed by atoms with Gasteiger partial charge in [0.25, 0.3) is 0 Å². The van der Waals surface area contributed by atoms with Gasteiger partial charge in [-0.3, -0.25) is 4.57 Å². The lowest BCUT2D eigenvalue weighted by atomic mass is 10.2. The molecule has 0 bridgehead atoms. The minimum atomic E-state index is 0.442. The summed E-state index contributed by atoms with van der Waals surface area (Å²) in [5.74, 6) is 2.87. The molecule has 0 unspecified atom stereocenters. The number of ether oxygens (including phenoxy) is 1. The minimum Gasteiger partial charge on any atom is -0.496 e. The van der Waals surface area contributed by atoms with Crippen LogP contribution in [0.4, 0.5) is 0 Å². The summed E-state index contributed by atoms with van der Waals surface area (Å²) in [6.45, 7) is 0. The third kappa shape index (κ3) is 4.48. The molecule has 7 nitrogen and oxygen atoms in total. The molecule has 2 aromatic heterocycles. The number of nitrogens with zero attached hydrogens (tertiary/aromatic N) is 5. The van der Waals surface area contributed by atoms with E-state index in [1.165, 1.54) is 11.8 Å². The molecule has 0 atom stereocenters. The van der Waals surface area contributed by atoms with Gasteiger partial charge < -0.3 is 9.26 Å². The van der Waals surface area contributed by atoms with E-state index in [4.69, 9.17) is 20.9 Å². The molecule has 2 heterocycles. The SMILES string of the molecule is COc1ccccc1-c1nnc(SCc2nc(-c3ccccc3)no2)n1-c1ccc(Cl)cc1. The highest BCUT2D eigenvalue weighted by Gasteiger charge is 2.20. The molecular formula is C24H18ClN5O2S. The van der Waals surface area contributed by atoms with Crippen molar-refractivity contribution >= 4 is 23.4 Å². The lowest BCUT2D eigenvalue weighted by Gasteiger charge is -2.12. The second-order valence-corrected chi connectivity index (χ2v) is 8.36. The summed E-state index contributed by atoms with van der Waals surface area (Å²) in [6.07, 6.45) is 0. The van der Waals surface area contributed by atoms with Crippen molar-refractivity contribution < 1.29 is 9.26 Å². The molecule has 0 radical (unpaired) electrons. The van der Waals surface area contributed by atoms with Crippen LogP contribution in [0.15, 0.2) is 88.5 Å². The van der Waals surface area contributed by atoms with Gasteiger partial charge in [-0.1, -0.05) is 71.0 Å². The summed E-state index contributed by atoms with van der Waals surface area (Å²) in [7, 11) is 1.64. The van der Waals surface area contributed by atoms with Gasteiger partial charge in [0.2, 0.25) is 11.7 Å². The van der Waals surface area contributed by atoms with Gasteiger partial charge in [0.15, 0.2) is 11.0 Å². The van der Waals surface area contributed by atoms with Crippen LogP contribution in [-0.2, 0) is 5.75 Å². The Morgan fingerprint density at radius 2 is 1.70 bits per heavy atom. The molecule has 0 fully saturated rings. The standard InChI is InChI=1S/C24H18ClN5O2S/c1-31-20-10-6-5-9-19(20)23-27-28-24(30(23)18-13-11-17(25)12-14-18)33-15-21-26-22(29-32-21)16-7-3-2-4-8-16/h2-14H,15H2,1H3. The highest BCUT2D eigenvalue weighted by molar-refractivity contribution is 7.98. The normalized spacial score (nSPS) is 11.0. The Kier molecular flexibility index (Phi) is 6.10. The molecule has 3 aromatic carbocycles. The van der Waals surface area contributed by atoms with Crippen LogP contribution in [-0.4, -0.2) is 32.0 Å². The summed E-state index contributed by atoms with van der Waals surface area (Å²) in [4.78, 5) is 4.51. The van der Waals surface area contributed by atoms with Crippen LogP contribution >= 0.6 is 23.4 Å². The Hall–Kier alpha value is -3.62. The molecule has 164 valence electrons. The van der Waals surface area contributed by atoms with Crippen LogP contribution in [0.3, 0.4) is 0 Å². The van der Waals surface area contributed by atoms with Gasteiger partial charge >= 0.3 is 0 Å². The Balaban J connectivity index is 1.48. The molecule has 0 spiro atoms. The van der Waals surface area contributed by atoms with Crippen LogP contribution < -0.4 is 4.74 Å². The minimum absolute atomic E-state index is 0.442. The number of rotatable bonds is 7. The Bertz CT molecular complexity index is 1370. The number of halogens is 1. The van der Waals surface area contributed by atoms with E-state index in [1.54, 1.807) is 7.11 Å². The maximum Gasteiger partial charge on any atom is 0.237 e. The smallest absolute Gasteiger partial charge is 0.237 e. The Labute approximate surface area is 199 Å². The average Bonchev–Trinajstić information content (AvgIpc) is 3.51. The summed E-state index contributed by atoms with van der Waals surface area (Å²) < 4.78 is 13.0. The molecule has 0 aliphatic rings. The topological polar surface area (TPSA) is 78.9 Å². The first kappa shape index (κ1) is 21.2. The molecule has 5 rings (SSSR count). The van der Waals surface area contributed by atoms with Crippen molar-refractivity contribution in [2.45, 2.75) is 10.9 Å². The van der Waals surface area contributed by atoms with Gasteiger partial charge in [-0.25, -0.2) is 0 Å². The Morgan fingerprint density at radius 1 is 0.939 bits per heavy atom. The van der Waals surface area contributed by atoms with Gasteiger partial charge in [-0.05, 0) is 36.4 Å². The summed E-state index contributed by atoms with van der Waals surface area (Å²) in [5, 5.41) is 14.3. The van der Waals surface area contributed by atoms with E-state index in [0.717, 1.165) is 16.8 Å². The van der Waals surface area contributed by atoms with Crippen LogP contribution in [0.2, 0.25) is 5.02 Å². The Morgan fingerprint density at radius 3 is 2.48 bits per heavy atom. The quantitative estimate of drug-likeness (QED) is 0.269. The number of aromatic nitrogens is 5. The van der Waals surface area contributed by atoms with Crippen LogP contribution in [0, 0.1) is 0 Å². The fraction of sp³-hybridized carbons (Fsp3) is 0.0833. The van der Waals surface area contributed by atoms with Gasteiger partial charge in [0.05, 0.1) is 18.4 Å². The first-order valence-electron chi connectivity index (χ1n) is 10.1. The molecule has 0 N–H and O–H groups in total. The maximum absolute atomic E-state index is 6.12. The fourth-order valence-electron chi connectivity index (χ4n) is 3.33. The molecule has 0 aliphatic carbocycles. The second-order valence-electron chi connectivity index (χ2n) is 6.98. The second kappa shape index (κ2) is 9.48. The van der Waals surface area contributed by atoms with Crippen molar-refractivity contribution in [1.29, 1.82) is 0 Å². The zero-order chi connectivity index (χ0) is 22.6. The van der Waals surface area contributed by atoms with E-state index in [1.807, 2.05) is 83.4 Å². The van der Waals surface area contributed by atoms with Crippen molar-refractivity contribution in [3.8, 4) is 34.2 Å². The molecule has 0 amide bonds. The first-order chi connectivity index (χ1) is 16.2. The lowest BCUT2D eigenvalue weighted by molar-refractivity contribution is 0.391. The monoisotopic (exact) mass is 475 g/mol. The summed E-state index contributed by atoms with van der Waals surface area (Å²) >= 11 is 7.57. The largest absolute Gasteiger partial charge is 0.496 e. The average molecular weight is 476 g/mol.